The van der Waals surface area contributed by atoms with Crippen molar-refractivity contribution in [3.8, 4) is 0 Å². The van der Waals surface area contributed by atoms with Crippen LogP contribution in [0.4, 0.5) is 0 Å². The van der Waals surface area contributed by atoms with Gasteiger partial charge in [-0.05, 0) is 38.3 Å². The number of amides is 1. The van der Waals surface area contributed by atoms with Crippen molar-refractivity contribution in [2.75, 3.05) is 59.5 Å². The maximum absolute atomic E-state index is 12.2. The molecule has 5 nitrogen and oxygen atoms in total. The second-order valence-electron chi connectivity index (χ2n) is 5.71. The first-order valence-electron chi connectivity index (χ1n) is 7.50. The van der Waals surface area contributed by atoms with Crippen LogP contribution in [0.1, 0.15) is 19.3 Å². The summed E-state index contributed by atoms with van der Waals surface area (Å²) in [6, 6.07) is 0. The van der Waals surface area contributed by atoms with Gasteiger partial charge in [-0.25, -0.2) is 0 Å². The Hall–Kier alpha value is -0.650. The quantitative estimate of drug-likeness (QED) is 0.790. The SMILES string of the molecule is CN(CC1CCOCC1)C(=O)CN1CCCNCC1. The molecule has 2 aliphatic heterocycles. The Morgan fingerprint density at radius 1 is 1.32 bits per heavy atom. The maximum atomic E-state index is 12.2. The van der Waals surface area contributed by atoms with Crippen LogP contribution in [-0.4, -0.2) is 75.2 Å². The number of hydrogen-bond acceptors (Lipinski definition) is 4. The monoisotopic (exact) mass is 269 g/mol. The third-order valence-electron chi connectivity index (χ3n) is 4.09. The fourth-order valence-corrected chi connectivity index (χ4v) is 2.79. The molecular weight excluding hydrogens is 242 g/mol. The van der Waals surface area contributed by atoms with Crippen LogP contribution in [0.25, 0.3) is 0 Å². The topological polar surface area (TPSA) is 44.8 Å². The zero-order valence-electron chi connectivity index (χ0n) is 12.1. The second kappa shape index (κ2) is 7.82. The standard InChI is InChI=1S/C14H27N3O2/c1-16(11-13-3-9-19-10-4-13)14(18)12-17-7-2-5-15-6-8-17/h13,15H,2-12H2,1H3. The van der Waals surface area contributed by atoms with E-state index in [1.165, 1.54) is 0 Å². The molecule has 110 valence electrons. The lowest BCUT2D eigenvalue weighted by atomic mass is 10.00. The number of carbonyl (C=O) groups excluding carboxylic acids is 1. The fourth-order valence-electron chi connectivity index (χ4n) is 2.79. The molecule has 2 rings (SSSR count). The van der Waals surface area contributed by atoms with Crippen LogP contribution in [-0.2, 0) is 9.53 Å². The van der Waals surface area contributed by atoms with Gasteiger partial charge >= 0.3 is 0 Å². The van der Waals surface area contributed by atoms with Crippen LogP contribution in [0.5, 0.6) is 0 Å². The second-order valence-corrected chi connectivity index (χ2v) is 5.71. The van der Waals surface area contributed by atoms with Crippen LogP contribution in [0.3, 0.4) is 0 Å². The van der Waals surface area contributed by atoms with Crippen molar-refractivity contribution in [3.05, 3.63) is 0 Å². The highest BCUT2D eigenvalue weighted by molar-refractivity contribution is 5.78. The summed E-state index contributed by atoms with van der Waals surface area (Å²) in [5, 5.41) is 3.36. The third-order valence-corrected chi connectivity index (χ3v) is 4.09. The molecule has 19 heavy (non-hydrogen) atoms. The molecule has 2 heterocycles. The highest BCUT2D eigenvalue weighted by atomic mass is 16.5. The Kier molecular flexibility index (Phi) is 6.07. The predicted octanol–water partition coefficient (Wildman–Crippen LogP) is 0.167. The van der Waals surface area contributed by atoms with Crippen molar-refractivity contribution >= 4 is 5.91 Å². The summed E-state index contributed by atoms with van der Waals surface area (Å²) in [6.07, 6.45) is 3.31. The Balaban J connectivity index is 1.71. The number of rotatable bonds is 4. The van der Waals surface area contributed by atoms with Crippen molar-refractivity contribution in [1.82, 2.24) is 15.1 Å². The van der Waals surface area contributed by atoms with Gasteiger partial charge in [0.15, 0.2) is 0 Å². The van der Waals surface area contributed by atoms with Crippen LogP contribution in [0, 0.1) is 5.92 Å². The van der Waals surface area contributed by atoms with Gasteiger partial charge in [-0.2, -0.15) is 0 Å². The summed E-state index contributed by atoms with van der Waals surface area (Å²) in [5.41, 5.74) is 0. The molecule has 0 aromatic heterocycles. The first kappa shape index (κ1) is 14.8. The highest BCUT2D eigenvalue weighted by Crippen LogP contribution is 2.15. The molecule has 1 N–H and O–H groups in total. The van der Waals surface area contributed by atoms with Crippen molar-refractivity contribution in [2.24, 2.45) is 5.92 Å². The van der Waals surface area contributed by atoms with E-state index in [-0.39, 0.29) is 5.91 Å². The number of hydrogen-bond donors (Lipinski definition) is 1. The lowest BCUT2D eigenvalue weighted by Crippen LogP contribution is -2.42. The summed E-state index contributed by atoms with van der Waals surface area (Å²) in [4.78, 5) is 16.4. The largest absolute Gasteiger partial charge is 0.381 e. The molecule has 0 bridgehead atoms. The molecule has 2 fully saturated rings. The molecule has 0 spiro atoms. The van der Waals surface area contributed by atoms with Crippen molar-refractivity contribution in [1.29, 1.82) is 0 Å². The van der Waals surface area contributed by atoms with Gasteiger partial charge in [0.25, 0.3) is 0 Å². The zero-order chi connectivity index (χ0) is 13.5. The van der Waals surface area contributed by atoms with E-state index in [9.17, 15) is 4.79 Å². The maximum Gasteiger partial charge on any atom is 0.236 e. The molecule has 0 aliphatic carbocycles. The van der Waals surface area contributed by atoms with Gasteiger partial charge in [0.1, 0.15) is 0 Å². The fraction of sp³-hybridized carbons (Fsp3) is 0.929. The molecular formula is C14H27N3O2. The van der Waals surface area contributed by atoms with Gasteiger partial charge in [0.2, 0.25) is 5.91 Å². The Morgan fingerprint density at radius 3 is 2.89 bits per heavy atom. The van der Waals surface area contributed by atoms with E-state index in [1.54, 1.807) is 0 Å². The molecule has 5 heteroatoms. The molecule has 2 saturated heterocycles. The smallest absolute Gasteiger partial charge is 0.236 e. The molecule has 0 aromatic rings. The van der Waals surface area contributed by atoms with E-state index < -0.39 is 0 Å². The van der Waals surface area contributed by atoms with Gasteiger partial charge in [-0.1, -0.05) is 0 Å². The highest BCUT2D eigenvalue weighted by Gasteiger charge is 2.20. The van der Waals surface area contributed by atoms with Gasteiger partial charge in [0.05, 0.1) is 6.54 Å². The van der Waals surface area contributed by atoms with Crippen molar-refractivity contribution in [3.63, 3.8) is 0 Å². The number of likely N-dealkylation sites (N-methyl/N-ethyl adjacent to an activating group) is 1. The molecule has 0 atom stereocenters. The van der Waals surface area contributed by atoms with Crippen molar-refractivity contribution < 1.29 is 9.53 Å². The van der Waals surface area contributed by atoms with E-state index in [1.807, 2.05) is 11.9 Å². The predicted molar refractivity (Wildman–Crippen MR) is 75.1 cm³/mol. The minimum atomic E-state index is 0.258. The number of ether oxygens (including phenoxy) is 1. The molecule has 2 aliphatic rings. The minimum absolute atomic E-state index is 0.258. The van der Waals surface area contributed by atoms with Crippen LogP contribution in [0.15, 0.2) is 0 Å². The average Bonchev–Trinajstić information content (AvgIpc) is 2.68. The molecule has 0 radical (unpaired) electrons. The molecule has 0 unspecified atom stereocenters. The Bertz CT molecular complexity index is 272. The lowest BCUT2D eigenvalue weighted by Gasteiger charge is -2.29. The average molecular weight is 269 g/mol. The summed E-state index contributed by atoms with van der Waals surface area (Å²) >= 11 is 0. The summed E-state index contributed by atoms with van der Waals surface area (Å²) in [5.74, 6) is 0.877. The number of carbonyl (C=O) groups is 1. The number of nitrogens with zero attached hydrogens (tertiary/aromatic N) is 2. The van der Waals surface area contributed by atoms with E-state index in [4.69, 9.17) is 4.74 Å². The third kappa shape index (κ3) is 5.09. The van der Waals surface area contributed by atoms with E-state index in [2.05, 4.69) is 10.2 Å². The summed E-state index contributed by atoms with van der Waals surface area (Å²) in [6.45, 7) is 7.24. The molecule has 0 saturated carbocycles. The summed E-state index contributed by atoms with van der Waals surface area (Å²) in [7, 11) is 1.94. The van der Waals surface area contributed by atoms with Crippen LogP contribution in [0.2, 0.25) is 0 Å². The number of nitrogens with one attached hydrogen (secondary N) is 1. The van der Waals surface area contributed by atoms with Crippen molar-refractivity contribution in [2.45, 2.75) is 19.3 Å². The normalized spacial score (nSPS) is 23.0. The van der Waals surface area contributed by atoms with Gasteiger partial charge in [-0.3, -0.25) is 9.69 Å². The summed E-state index contributed by atoms with van der Waals surface area (Å²) < 4.78 is 5.36. The lowest BCUT2D eigenvalue weighted by molar-refractivity contribution is -0.132. The van der Waals surface area contributed by atoms with Gasteiger partial charge in [-0.15, -0.1) is 0 Å². The Morgan fingerprint density at radius 2 is 2.11 bits per heavy atom. The van der Waals surface area contributed by atoms with Gasteiger partial charge < -0.3 is 15.0 Å². The zero-order valence-corrected chi connectivity index (χ0v) is 12.1. The minimum Gasteiger partial charge on any atom is -0.381 e. The first-order chi connectivity index (χ1) is 9.25. The van der Waals surface area contributed by atoms with Gasteiger partial charge in [0, 0.05) is 39.9 Å². The Labute approximate surface area is 116 Å². The molecule has 1 amide bonds. The van der Waals surface area contributed by atoms with E-state index in [0.717, 1.165) is 65.2 Å². The van der Waals surface area contributed by atoms with E-state index >= 15 is 0 Å². The van der Waals surface area contributed by atoms with E-state index in [0.29, 0.717) is 12.5 Å². The molecule has 0 aromatic carbocycles. The van der Waals surface area contributed by atoms with Crippen LogP contribution >= 0.6 is 0 Å². The van der Waals surface area contributed by atoms with Crippen LogP contribution < -0.4 is 5.32 Å². The first-order valence-corrected chi connectivity index (χ1v) is 7.50.